The van der Waals surface area contributed by atoms with Crippen molar-refractivity contribution < 1.29 is 5.11 Å². The minimum atomic E-state index is -0.120. The highest BCUT2D eigenvalue weighted by Gasteiger charge is 2.31. The number of hydrogen-bond acceptors (Lipinski definition) is 4. The molecule has 1 heterocycles. The largest absolute Gasteiger partial charge is 0.394 e. The molecule has 114 valence electrons. The lowest BCUT2D eigenvalue weighted by Gasteiger charge is -2.30. The number of nitrogens with one attached hydrogen (secondary N) is 1. The van der Waals surface area contributed by atoms with Crippen molar-refractivity contribution in [2.24, 2.45) is 7.05 Å². The standard InChI is InChI=1S/C15H28N4O/c1-15(12-20,17-13-5-6-13)7-4-9-18(2)11-14-16-8-10-19(14)3/h8,10,13,17,20H,4-7,9,11-12H2,1-3H3. The van der Waals surface area contributed by atoms with Gasteiger partial charge >= 0.3 is 0 Å². The zero-order valence-electron chi connectivity index (χ0n) is 13.0. The second-order valence-electron chi connectivity index (χ2n) is 6.43. The van der Waals surface area contributed by atoms with Crippen molar-refractivity contribution in [3.63, 3.8) is 0 Å². The minimum absolute atomic E-state index is 0.120. The minimum Gasteiger partial charge on any atom is -0.394 e. The second kappa shape index (κ2) is 6.70. The van der Waals surface area contributed by atoms with Crippen molar-refractivity contribution in [3.8, 4) is 0 Å². The zero-order valence-corrected chi connectivity index (χ0v) is 13.0. The van der Waals surface area contributed by atoms with Gasteiger partial charge in [0.25, 0.3) is 0 Å². The van der Waals surface area contributed by atoms with Crippen molar-refractivity contribution in [2.75, 3.05) is 20.2 Å². The Morgan fingerprint density at radius 3 is 2.85 bits per heavy atom. The molecule has 1 saturated carbocycles. The number of imidazole rings is 1. The van der Waals surface area contributed by atoms with E-state index < -0.39 is 0 Å². The Hall–Kier alpha value is -0.910. The first-order chi connectivity index (χ1) is 9.52. The van der Waals surface area contributed by atoms with Crippen molar-refractivity contribution >= 4 is 0 Å². The molecule has 0 amide bonds. The van der Waals surface area contributed by atoms with Gasteiger partial charge in [0.1, 0.15) is 5.82 Å². The summed E-state index contributed by atoms with van der Waals surface area (Å²) in [4.78, 5) is 6.63. The summed E-state index contributed by atoms with van der Waals surface area (Å²) in [6.45, 7) is 4.24. The third kappa shape index (κ3) is 4.58. The Bertz CT molecular complexity index is 416. The lowest BCUT2D eigenvalue weighted by Crippen LogP contribution is -2.47. The van der Waals surface area contributed by atoms with Crippen LogP contribution in [0, 0.1) is 0 Å². The summed E-state index contributed by atoms with van der Waals surface area (Å²) in [5.41, 5.74) is -0.120. The van der Waals surface area contributed by atoms with Gasteiger partial charge in [-0.3, -0.25) is 4.90 Å². The molecule has 2 rings (SSSR count). The topological polar surface area (TPSA) is 53.3 Å². The smallest absolute Gasteiger partial charge is 0.122 e. The summed E-state index contributed by atoms with van der Waals surface area (Å²) in [7, 11) is 4.15. The van der Waals surface area contributed by atoms with E-state index >= 15 is 0 Å². The molecule has 0 bridgehead atoms. The van der Waals surface area contributed by atoms with Gasteiger partial charge < -0.3 is 15.0 Å². The van der Waals surface area contributed by atoms with Crippen LogP contribution in [0.1, 0.15) is 38.4 Å². The fourth-order valence-electron chi connectivity index (χ4n) is 2.53. The van der Waals surface area contributed by atoms with Crippen LogP contribution in [0.4, 0.5) is 0 Å². The summed E-state index contributed by atoms with van der Waals surface area (Å²) < 4.78 is 2.06. The molecule has 1 aromatic heterocycles. The number of hydrogen-bond donors (Lipinski definition) is 2. The average Bonchev–Trinajstić information content (AvgIpc) is 3.12. The molecule has 1 aliphatic carbocycles. The first-order valence-electron chi connectivity index (χ1n) is 7.56. The average molecular weight is 280 g/mol. The van der Waals surface area contributed by atoms with Gasteiger partial charge in [-0.1, -0.05) is 0 Å². The summed E-state index contributed by atoms with van der Waals surface area (Å²) in [5, 5.41) is 13.1. The van der Waals surface area contributed by atoms with Gasteiger partial charge in [-0.2, -0.15) is 0 Å². The van der Waals surface area contributed by atoms with E-state index in [-0.39, 0.29) is 12.1 Å². The monoisotopic (exact) mass is 280 g/mol. The van der Waals surface area contributed by atoms with Crippen molar-refractivity contribution in [2.45, 2.75) is 50.7 Å². The van der Waals surface area contributed by atoms with Crippen LogP contribution in [0.15, 0.2) is 12.4 Å². The normalized spacial score (nSPS) is 18.4. The maximum absolute atomic E-state index is 9.58. The molecule has 0 aliphatic heterocycles. The second-order valence-corrected chi connectivity index (χ2v) is 6.43. The molecule has 20 heavy (non-hydrogen) atoms. The van der Waals surface area contributed by atoms with E-state index in [2.05, 4.69) is 33.7 Å². The van der Waals surface area contributed by atoms with Crippen LogP contribution in [0.5, 0.6) is 0 Å². The van der Waals surface area contributed by atoms with Crippen LogP contribution in [0.3, 0.4) is 0 Å². The van der Waals surface area contributed by atoms with E-state index in [1.165, 1.54) is 12.8 Å². The SMILES string of the molecule is CN(CCCC(C)(CO)NC1CC1)Cc1nccn1C. The van der Waals surface area contributed by atoms with Crippen LogP contribution in [-0.2, 0) is 13.6 Å². The first kappa shape index (κ1) is 15.5. The summed E-state index contributed by atoms with van der Waals surface area (Å²) >= 11 is 0. The van der Waals surface area contributed by atoms with E-state index in [1.54, 1.807) is 0 Å². The van der Waals surface area contributed by atoms with Gasteiger partial charge in [-0.25, -0.2) is 4.98 Å². The van der Waals surface area contributed by atoms with Crippen LogP contribution >= 0.6 is 0 Å². The van der Waals surface area contributed by atoms with Gasteiger partial charge in [0.05, 0.1) is 13.2 Å². The third-order valence-electron chi connectivity index (χ3n) is 4.08. The number of aliphatic hydroxyl groups is 1. The van der Waals surface area contributed by atoms with Crippen LogP contribution in [0.2, 0.25) is 0 Å². The Kier molecular flexibility index (Phi) is 5.18. The summed E-state index contributed by atoms with van der Waals surface area (Å²) in [6, 6.07) is 0.637. The van der Waals surface area contributed by atoms with Gasteiger partial charge in [0.15, 0.2) is 0 Å². The number of aromatic nitrogens is 2. The van der Waals surface area contributed by atoms with Gasteiger partial charge in [-0.05, 0) is 46.2 Å². The quantitative estimate of drug-likeness (QED) is 0.712. The highest BCUT2D eigenvalue weighted by molar-refractivity contribution is 4.93. The molecule has 0 saturated heterocycles. The molecule has 1 unspecified atom stereocenters. The Balaban J connectivity index is 1.69. The predicted octanol–water partition coefficient (Wildman–Crippen LogP) is 1.14. The lowest BCUT2D eigenvalue weighted by molar-refractivity contribution is 0.156. The molecule has 2 N–H and O–H groups in total. The summed E-state index contributed by atoms with van der Waals surface area (Å²) in [6.07, 6.45) is 8.42. The Labute approximate surface area is 122 Å². The molecule has 0 spiro atoms. The molecular weight excluding hydrogens is 252 g/mol. The molecule has 0 radical (unpaired) electrons. The Morgan fingerprint density at radius 2 is 2.30 bits per heavy atom. The van der Waals surface area contributed by atoms with Crippen molar-refractivity contribution in [1.82, 2.24) is 19.8 Å². The number of nitrogens with zero attached hydrogens (tertiary/aromatic N) is 3. The van der Waals surface area contributed by atoms with E-state index in [9.17, 15) is 5.11 Å². The molecule has 0 aromatic carbocycles. The molecule has 1 fully saturated rings. The van der Waals surface area contributed by atoms with Gasteiger partial charge in [-0.15, -0.1) is 0 Å². The van der Waals surface area contributed by atoms with E-state index in [1.807, 2.05) is 19.4 Å². The molecule has 5 nitrogen and oxygen atoms in total. The first-order valence-corrected chi connectivity index (χ1v) is 7.56. The molecule has 5 heteroatoms. The molecule has 1 aliphatic rings. The maximum Gasteiger partial charge on any atom is 0.122 e. The highest BCUT2D eigenvalue weighted by Crippen LogP contribution is 2.24. The van der Waals surface area contributed by atoms with Crippen LogP contribution in [-0.4, -0.2) is 51.3 Å². The fourth-order valence-corrected chi connectivity index (χ4v) is 2.53. The van der Waals surface area contributed by atoms with E-state index in [4.69, 9.17) is 0 Å². The Morgan fingerprint density at radius 1 is 1.55 bits per heavy atom. The lowest BCUT2D eigenvalue weighted by atomic mass is 9.96. The number of rotatable bonds is 9. The van der Waals surface area contributed by atoms with Gasteiger partial charge in [0, 0.05) is 31.0 Å². The number of aliphatic hydroxyl groups excluding tert-OH is 1. The zero-order chi connectivity index (χ0) is 14.6. The van der Waals surface area contributed by atoms with Crippen molar-refractivity contribution in [1.29, 1.82) is 0 Å². The molecule has 1 aromatic rings. The number of aryl methyl sites for hydroxylation is 1. The molecular formula is C15H28N4O. The van der Waals surface area contributed by atoms with Crippen molar-refractivity contribution in [3.05, 3.63) is 18.2 Å². The predicted molar refractivity (Wildman–Crippen MR) is 80.4 cm³/mol. The third-order valence-corrected chi connectivity index (χ3v) is 4.08. The molecule has 1 atom stereocenters. The summed E-state index contributed by atoms with van der Waals surface area (Å²) in [5.74, 6) is 1.09. The van der Waals surface area contributed by atoms with Crippen LogP contribution < -0.4 is 5.32 Å². The van der Waals surface area contributed by atoms with E-state index in [0.717, 1.165) is 31.8 Å². The van der Waals surface area contributed by atoms with E-state index in [0.29, 0.717) is 6.04 Å². The maximum atomic E-state index is 9.58. The highest BCUT2D eigenvalue weighted by atomic mass is 16.3. The van der Waals surface area contributed by atoms with Gasteiger partial charge in [0.2, 0.25) is 0 Å². The van der Waals surface area contributed by atoms with Crippen LogP contribution in [0.25, 0.3) is 0 Å². The fraction of sp³-hybridized carbons (Fsp3) is 0.800.